The summed E-state index contributed by atoms with van der Waals surface area (Å²) in [5, 5.41) is 4.17. The largest absolute Gasteiger partial charge is 0.367 e. The van der Waals surface area contributed by atoms with Gasteiger partial charge in [-0.2, -0.15) is 5.10 Å². The van der Waals surface area contributed by atoms with Gasteiger partial charge in [-0.25, -0.2) is 9.67 Å². The molecule has 1 unspecified atom stereocenters. The molecule has 0 saturated carbocycles. The number of aromatic nitrogens is 3. The Hall–Kier alpha value is -2.21. The van der Waals surface area contributed by atoms with Crippen LogP contribution in [-0.2, 0) is 16.1 Å². The highest BCUT2D eigenvalue weighted by atomic mass is 16.5. The molecule has 2 aromatic rings. The Morgan fingerprint density at radius 3 is 2.95 bits per heavy atom. The lowest BCUT2D eigenvalue weighted by Gasteiger charge is -2.32. The van der Waals surface area contributed by atoms with E-state index in [1.54, 1.807) is 6.33 Å². The summed E-state index contributed by atoms with van der Waals surface area (Å²) in [7, 11) is 0. The molecule has 3 rings (SSSR count). The molecule has 6 heteroatoms. The Labute approximate surface area is 129 Å². The maximum Gasteiger partial charge on any atom is 0.248 e. The molecule has 116 valence electrons. The molecule has 22 heavy (non-hydrogen) atoms. The van der Waals surface area contributed by atoms with Gasteiger partial charge in [-0.15, -0.1) is 0 Å². The van der Waals surface area contributed by atoms with E-state index < -0.39 is 0 Å². The molecule has 0 aliphatic carbocycles. The van der Waals surface area contributed by atoms with Crippen LogP contribution in [0.15, 0.2) is 43.0 Å². The van der Waals surface area contributed by atoms with Gasteiger partial charge >= 0.3 is 0 Å². The van der Waals surface area contributed by atoms with Crippen molar-refractivity contribution >= 4 is 5.91 Å². The Morgan fingerprint density at radius 2 is 2.18 bits per heavy atom. The average molecular weight is 300 g/mol. The van der Waals surface area contributed by atoms with Crippen molar-refractivity contribution in [2.75, 3.05) is 19.7 Å². The lowest BCUT2D eigenvalue weighted by atomic mass is 10.1. The summed E-state index contributed by atoms with van der Waals surface area (Å²) >= 11 is 0. The summed E-state index contributed by atoms with van der Waals surface area (Å²) in [6.45, 7) is 2.06. The van der Waals surface area contributed by atoms with Gasteiger partial charge in [0, 0.05) is 13.1 Å². The van der Waals surface area contributed by atoms with Crippen LogP contribution in [-0.4, -0.2) is 45.3 Å². The zero-order valence-electron chi connectivity index (χ0n) is 12.5. The SMILES string of the molecule is O=C(COCc1ccccc1)N1CCCC(n2cncn2)C1. The number of ether oxygens (including phenoxy) is 1. The second-order valence-electron chi connectivity index (χ2n) is 5.49. The van der Waals surface area contributed by atoms with E-state index in [2.05, 4.69) is 10.1 Å². The van der Waals surface area contributed by atoms with E-state index in [1.165, 1.54) is 6.33 Å². The van der Waals surface area contributed by atoms with Gasteiger partial charge in [0.05, 0.1) is 12.6 Å². The number of rotatable bonds is 5. The minimum absolute atomic E-state index is 0.0424. The van der Waals surface area contributed by atoms with E-state index in [0.717, 1.165) is 24.9 Å². The minimum Gasteiger partial charge on any atom is -0.367 e. The fraction of sp³-hybridized carbons (Fsp3) is 0.438. The number of nitrogens with zero attached hydrogens (tertiary/aromatic N) is 4. The molecular formula is C16H20N4O2. The molecule has 0 spiro atoms. The zero-order valence-corrected chi connectivity index (χ0v) is 12.5. The van der Waals surface area contributed by atoms with Crippen LogP contribution < -0.4 is 0 Å². The smallest absolute Gasteiger partial charge is 0.248 e. The topological polar surface area (TPSA) is 60.2 Å². The molecule has 6 nitrogen and oxygen atoms in total. The Kier molecular flexibility index (Phi) is 4.80. The molecule has 1 atom stereocenters. The van der Waals surface area contributed by atoms with Crippen LogP contribution in [0.2, 0.25) is 0 Å². The second kappa shape index (κ2) is 7.17. The number of amides is 1. The first kappa shape index (κ1) is 14.7. The van der Waals surface area contributed by atoms with Gasteiger partial charge in [0.25, 0.3) is 0 Å². The molecule has 1 fully saturated rings. The molecule has 1 aromatic carbocycles. The zero-order chi connectivity index (χ0) is 15.2. The third kappa shape index (κ3) is 3.71. The van der Waals surface area contributed by atoms with E-state index in [-0.39, 0.29) is 18.6 Å². The Morgan fingerprint density at radius 1 is 1.32 bits per heavy atom. The van der Waals surface area contributed by atoms with Crippen LogP contribution >= 0.6 is 0 Å². The first-order chi connectivity index (χ1) is 10.8. The molecule has 1 amide bonds. The summed E-state index contributed by atoms with van der Waals surface area (Å²) in [6.07, 6.45) is 5.25. The number of hydrogen-bond donors (Lipinski definition) is 0. The van der Waals surface area contributed by atoms with Gasteiger partial charge in [0.1, 0.15) is 19.3 Å². The van der Waals surface area contributed by atoms with Crippen LogP contribution in [0.1, 0.15) is 24.4 Å². The van der Waals surface area contributed by atoms with Crippen LogP contribution in [0.3, 0.4) is 0 Å². The predicted octanol–water partition coefficient (Wildman–Crippen LogP) is 1.66. The Balaban J connectivity index is 1.47. The summed E-state index contributed by atoms with van der Waals surface area (Å²) < 4.78 is 7.37. The van der Waals surface area contributed by atoms with Crippen LogP contribution in [0.25, 0.3) is 0 Å². The number of carbonyl (C=O) groups is 1. The number of benzene rings is 1. The molecule has 1 saturated heterocycles. The standard InChI is InChI=1S/C16H20N4O2/c21-16(11-22-10-14-5-2-1-3-6-14)19-8-4-7-15(9-19)20-13-17-12-18-20/h1-3,5-6,12-13,15H,4,7-11H2. The summed E-state index contributed by atoms with van der Waals surface area (Å²) in [5.74, 6) is 0.0424. The fourth-order valence-corrected chi connectivity index (χ4v) is 2.72. The number of hydrogen-bond acceptors (Lipinski definition) is 4. The van der Waals surface area contributed by atoms with E-state index in [4.69, 9.17) is 4.74 Å². The third-order valence-electron chi connectivity index (χ3n) is 3.90. The molecular weight excluding hydrogens is 280 g/mol. The summed E-state index contributed by atoms with van der Waals surface area (Å²) in [4.78, 5) is 18.1. The summed E-state index contributed by atoms with van der Waals surface area (Å²) in [5.41, 5.74) is 1.08. The fourth-order valence-electron chi connectivity index (χ4n) is 2.72. The van der Waals surface area contributed by atoms with Gasteiger partial charge in [-0.1, -0.05) is 30.3 Å². The highest BCUT2D eigenvalue weighted by Gasteiger charge is 2.25. The van der Waals surface area contributed by atoms with Gasteiger partial charge in [0.2, 0.25) is 5.91 Å². The van der Waals surface area contributed by atoms with Crippen molar-refractivity contribution in [2.45, 2.75) is 25.5 Å². The quantitative estimate of drug-likeness (QED) is 0.842. The molecule has 2 heterocycles. The molecule has 1 aliphatic rings. The third-order valence-corrected chi connectivity index (χ3v) is 3.90. The average Bonchev–Trinajstić information content (AvgIpc) is 3.10. The maximum atomic E-state index is 12.3. The van der Waals surface area contributed by atoms with Crippen LogP contribution in [0.4, 0.5) is 0 Å². The monoisotopic (exact) mass is 300 g/mol. The van der Waals surface area contributed by atoms with Crippen molar-refractivity contribution in [2.24, 2.45) is 0 Å². The molecule has 1 aliphatic heterocycles. The van der Waals surface area contributed by atoms with E-state index in [1.807, 2.05) is 39.9 Å². The molecule has 1 aromatic heterocycles. The normalized spacial score (nSPS) is 18.4. The highest BCUT2D eigenvalue weighted by Crippen LogP contribution is 2.20. The van der Waals surface area contributed by atoms with Gasteiger partial charge < -0.3 is 9.64 Å². The highest BCUT2D eigenvalue weighted by molar-refractivity contribution is 5.77. The van der Waals surface area contributed by atoms with Gasteiger partial charge in [0.15, 0.2) is 0 Å². The molecule has 0 N–H and O–H groups in total. The first-order valence-electron chi connectivity index (χ1n) is 7.56. The maximum absolute atomic E-state index is 12.3. The van der Waals surface area contributed by atoms with Gasteiger partial charge in [-0.05, 0) is 18.4 Å². The first-order valence-corrected chi connectivity index (χ1v) is 7.56. The lowest BCUT2D eigenvalue weighted by molar-refractivity contribution is -0.138. The van der Waals surface area contributed by atoms with Crippen molar-refractivity contribution in [1.82, 2.24) is 19.7 Å². The number of piperidine rings is 1. The van der Waals surface area contributed by atoms with Gasteiger partial charge in [-0.3, -0.25) is 4.79 Å². The Bertz CT molecular complexity index is 585. The second-order valence-corrected chi connectivity index (χ2v) is 5.49. The van der Waals surface area contributed by atoms with Crippen LogP contribution in [0, 0.1) is 0 Å². The number of carbonyl (C=O) groups excluding carboxylic acids is 1. The predicted molar refractivity (Wildman–Crippen MR) is 81.0 cm³/mol. The van der Waals surface area contributed by atoms with E-state index in [9.17, 15) is 4.79 Å². The summed E-state index contributed by atoms with van der Waals surface area (Å²) in [6, 6.07) is 10.1. The minimum atomic E-state index is 0.0424. The van der Waals surface area contributed by atoms with Crippen molar-refractivity contribution in [1.29, 1.82) is 0 Å². The van der Waals surface area contributed by atoms with E-state index >= 15 is 0 Å². The molecule has 0 bridgehead atoms. The van der Waals surface area contributed by atoms with Crippen molar-refractivity contribution in [3.05, 3.63) is 48.5 Å². The van der Waals surface area contributed by atoms with Crippen molar-refractivity contribution in [3.63, 3.8) is 0 Å². The van der Waals surface area contributed by atoms with Crippen molar-refractivity contribution < 1.29 is 9.53 Å². The molecule has 0 radical (unpaired) electrons. The van der Waals surface area contributed by atoms with E-state index in [0.29, 0.717) is 13.2 Å². The number of likely N-dealkylation sites (tertiary alicyclic amines) is 1. The lowest BCUT2D eigenvalue weighted by Crippen LogP contribution is -2.42. The van der Waals surface area contributed by atoms with Crippen molar-refractivity contribution in [3.8, 4) is 0 Å². The van der Waals surface area contributed by atoms with Crippen LogP contribution in [0.5, 0.6) is 0 Å².